The van der Waals surface area contributed by atoms with Crippen LogP contribution >= 0.6 is 0 Å². The van der Waals surface area contributed by atoms with Crippen LogP contribution in [0.25, 0.3) is 0 Å². The van der Waals surface area contributed by atoms with Crippen LogP contribution in [0.15, 0.2) is 35.2 Å². The van der Waals surface area contributed by atoms with Gasteiger partial charge in [0.2, 0.25) is 15.9 Å². The Hall–Kier alpha value is -1.40. The molecule has 5 nitrogen and oxygen atoms in total. The molecule has 0 bridgehead atoms. The second-order valence-corrected chi connectivity index (χ2v) is 7.80. The van der Waals surface area contributed by atoms with Gasteiger partial charge in [-0.15, -0.1) is 0 Å². The minimum Gasteiger partial charge on any atom is -0.340 e. The normalized spacial score (nSPS) is 26.6. The van der Waals surface area contributed by atoms with E-state index < -0.39 is 10.0 Å². The Morgan fingerprint density at radius 2 is 1.67 bits per heavy atom. The molecular weight excluding hydrogens is 288 g/mol. The number of carbonyl (C=O) groups excluding carboxylic acids is 1. The first-order valence-corrected chi connectivity index (χ1v) is 8.78. The van der Waals surface area contributed by atoms with Gasteiger partial charge in [0.05, 0.1) is 4.90 Å². The first-order valence-electron chi connectivity index (χ1n) is 7.34. The van der Waals surface area contributed by atoms with Crippen LogP contribution in [0.2, 0.25) is 0 Å². The quantitative estimate of drug-likeness (QED) is 0.842. The molecule has 1 amide bonds. The summed E-state index contributed by atoms with van der Waals surface area (Å²) in [7, 11) is -3.43. The van der Waals surface area contributed by atoms with Crippen molar-refractivity contribution < 1.29 is 13.2 Å². The average molecular weight is 308 g/mol. The highest BCUT2D eigenvalue weighted by atomic mass is 32.2. The number of hydrogen-bond donors (Lipinski definition) is 0. The third kappa shape index (κ3) is 2.82. The van der Waals surface area contributed by atoms with Crippen molar-refractivity contribution in [2.24, 2.45) is 11.8 Å². The third-order valence-electron chi connectivity index (χ3n) is 4.36. The van der Waals surface area contributed by atoms with Gasteiger partial charge in [-0.05, 0) is 24.5 Å². The van der Waals surface area contributed by atoms with E-state index in [9.17, 15) is 13.2 Å². The summed E-state index contributed by atoms with van der Waals surface area (Å²) in [6.45, 7) is 3.83. The van der Waals surface area contributed by atoms with Crippen LogP contribution < -0.4 is 0 Å². The minimum atomic E-state index is -3.43. The summed E-state index contributed by atoms with van der Waals surface area (Å²) in [4.78, 5) is 14.3. The molecule has 1 saturated carbocycles. The number of hydrogen-bond acceptors (Lipinski definition) is 3. The summed E-state index contributed by atoms with van der Waals surface area (Å²) in [6.07, 6.45) is 0.974. The maximum Gasteiger partial charge on any atom is 0.243 e. The molecule has 1 aromatic carbocycles. The van der Waals surface area contributed by atoms with E-state index in [4.69, 9.17) is 0 Å². The Labute approximate surface area is 125 Å². The molecule has 3 rings (SSSR count). The lowest BCUT2D eigenvalue weighted by atomic mass is 10.2. The Kier molecular flexibility index (Phi) is 3.75. The molecule has 2 atom stereocenters. The molecule has 1 aliphatic heterocycles. The van der Waals surface area contributed by atoms with Crippen LogP contribution in [0.3, 0.4) is 0 Å². The van der Waals surface area contributed by atoms with Crippen LogP contribution in [0.4, 0.5) is 0 Å². The van der Waals surface area contributed by atoms with Crippen LogP contribution in [0.1, 0.15) is 13.3 Å². The van der Waals surface area contributed by atoms with E-state index in [0.717, 1.165) is 6.42 Å². The predicted molar refractivity (Wildman–Crippen MR) is 79.1 cm³/mol. The van der Waals surface area contributed by atoms with Gasteiger partial charge in [0.25, 0.3) is 0 Å². The first kappa shape index (κ1) is 14.5. The topological polar surface area (TPSA) is 57.7 Å². The molecule has 2 aliphatic rings. The van der Waals surface area contributed by atoms with Gasteiger partial charge in [-0.2, -0.15) is 4.31 Å². The summed E-state index contributed by atoms with van der Waals surface area (Å²) in [5.41, 5.74) is 0. The van der Waals surface area contributed by atoms with Crippen molar-refractivity contribution in [2.45, 2.75) is 18.2 Å². The molecule has 2 fully saturated rings. The second-order valence-electron chi connectivity index (χ2n) is 5.86. The molecule has 1 heterocycles. The SMILES string of the molecule is C[C@H]1C[C@H]1C(=O)N1CCN(S(=O)(=O)c2ccccc2)CC1. The molecule has 0 spiro atoms. The Bertz CT molecular complexity index is 622. The zero-order valence-corrected chi connectivity index (χ0v) is 12.9. The largest absolute Gasteiger partial charge is 0.340 e. The molecule has 114 valence electrons. The maximum atomic E-state index is 12.5. The van der Waals surface area contributed by atoms with Crippen molar-refractivity contribution in [3.05, 3.63) is 30.3 Å². The lowest BCUT2D eigenvalue weighted by Crippen LogP contribution is -2.51. The van der Waals surface area contributed by atoms with E-state index in [1.807, 2.05) is 4.90 Å². The number of carbonyl (C=O) groups is 1. The van der Waals surface area contributed by atoms with Gasteiger partial charge < -0.3 is 4.90 Å². The van der Waals surface area contributed by atoms with E-state index >= 15 is 0 Å². The molecule has 1 aliphatic carbocycles. The van der Waals surface area contributed by atoms with Gasteiger partial charge >= 0.3 is 0 Å². The second kappa shape index (κ2) is 5.42. The van der Waals surface area contributed by atoms with Gasteiger partial charge in [0.1, 0.15) is 0 Å². The number of piperazine rings is 1. The van der Waals surface area contributed by atoms with E-state index in [-0.39, 0.29) is 11.8 Å². The minimum absolute atomic E-state index is 0.169. The Balaban J connectivity index is 1.64. The van der Waals surface area contributed by atoms with Crippen LogP contribution in [-0.2, 0) is 14.8 Å². The van der Waals surface area contributed by atoms with Crippen molar-refractivity contribution in [2.75, 3.05) is 26.2 Å². The molecule has 6 heteroatoms. The highest BCUT2D eigenvalue weighted by molar-refractivity contribution is 7.89. The van der Waals surface area contributed by atoms with E-state index in [0.29, 0.717) is 37.0 Å². The van der Waals surface area contributed by atoms with Gasteiger partial charge in [0.15, 0.2) is 0 Å². The molecule has 0 radical (unpaired) electrons. The molecule has 0 N–H and O–H groups in total. The summed E-state index contributed by atoms with van der Waals surface area (Å²) in [6, 6.07) is 8.46. The molecule has 0 aromatic heterocycles. The van der Waals surface area contributed by atoms with Crippen molar-refractivity contribution in [3.63, 3.8) is 0 Å². The van der Waals surface area contributed by atoms with Crippen LogP contribution in [0, 0.1) is 11.8 Å². The predicted octanol–water partition coefficient (Wildman–Crippen LogP) is 1.18. The zero-order valence-electron chi connectivity index (χ0n) is 12.1. The number of benzene rings is 1. The van der Waals surface area contributed by atoms with Crippen LogP contribution in [-0.4, -0.2) is 49.7 Å². The zero-order chi connectivity index (χ0) is 15.0. The van der Waals surface area contributed by atoms with E-state index in [2.05, 4.69) is 6.92 Å². The Morgan fingerprint density at radius 1 is 1.10 bits per heavy atom. The average Bonchev–Trinajstić information content (AvgIpc) is 3.24. The fourth-order valence-corrected chi connectivity index (χ4v) is 4.23. The fraction of sp³-hybridized carbons (Fsp3) is 0.533. The van der Waals surface area contributed by atoms with Gasteiger partial charge in [-0.1, -0.05) is 25.1 Å². The van der Waals surface area contributed by atoms with Gasteiger partial charge in [0, 0.05) is 32.1 Å². The van der Waals surface area contributed by atoms with Gasteiger partial charge in [-0.3, -0.25) is 4.79 Å². The molecule has 21 heavy (non-hydrogen) atoms. The standard InChI is InChI=1S/C15H20N2O3S/c1-12-11-14(12)15(18)16-7-9-17(10-8-16)21(19,20)13-5-3-2-4-6-13/h2-6,12,14H,7-11H2,1H3/t12-,14+/m0/s1. The first-order chi connectivity index (χ1) is 10.00. The highest BCUT2D eigenvalue weighted by Crippen LogP contribution is 2.39. The van der Waals surface area contributed by atoms with Crippen molar-refractivity contribution >= 4 is 15.9 Å². The molecule has 0 unspecified atom stereocenters. The number of nitrogens with zero attached hydrogens (tertiary/aromatic N) is 2. The summed E-state index contributed by atoms with van der Waals surface area (Å²) < 4.78 is 26.4. The summed E-state index contributed by atoms with van der Waals surface area (Å²) in [5, 5.41) is 0. The maximum absolute atomic E-state index is 12.5. The highest BCUT2D eigenvalue weighted by Gasteiger charge is 2.42. The summed E-state index contributed by atoms with van der Waals surface area (Å²) >= 11 is 0. The van der Waals surface area contributed by atoms with Crippen molar-refractivity contribution in [1.82, 2.24) is 9.21 Å². The number of amides is 1. The monoisotopic (exact) mass is 308 g/mol. The summed E-state index contributed by atoms with van der Waals surface area (Å²) in [5.74, 6) is 0.852. The number of rotatable bonds is 3. The lowest BCUT2D eigenvalue weighted by Gasteiger charge is -2.34. The lowest BCUT2D eigenvalue weighted by molar-refractivity contribution is -0.134. The van der Waals surface area contributed by atoms with Crippen LogP contribution in [0.5, 0.6) is 0 Å². The van der Waals surface area contributed by atoms with E-state index in [1.165, 1.54) is 4.31 Å². The Morgan fingerprint density at radius 3 is 2.19 bits per heavy atom. The van der Waals surface area contributed by atoms with Crippen molar-refractivity contribution in [3.8, 4) is 0 Å². The third-order valence-corrected chi connectivity index (χ3v) is 6.27. The fourth-order valence-electron chi connectivity index (χ4n) is 2.79. The van der Waals surface area contributed by atoms with Gasteiger partial charge in [-0.25, -0.2) is 8.42 Å². The number of sulfonamides is 1. The molecule has 1 saturated heterocycles. The van der Waals surface area contributed by atoms with Crippen molar-refractivity contribution in [1.29, 1.82) is 0 Å². The smallest absolute Gasteiger partial charge is 0.243 e. The molecule has 1 aromatic rings. The van der Waals surface area contributed by atoms with E-state index in [1.54, 1.807) is 30.3 Å². The molecular formula is C15H20N2O3S.